The first-order valence-corrected chi connectivity index (χ1v) is 8.93. The smallest absolute Gasteiger partial charge is 0.240 e. The number of likely N-dealkylation sites (tertiary alicyclic amines) is 1. The fraction of sp³-hybridized carbons (Fsp3) is 0.882. The van der Waals surface area contributed by atoms with Crippen LogP contribution in [0, 0.1) is 11.8 Å². The lowest BCUT2D eigenvalue weighted by atomic mass is 9.85. The summed E-state index contributed by atoms with van der Waals surface area (Å²) in [6, 6.07) is -0.305. The zero-order chi connectivity index (χ0) is 15.5. The lowest BCUT2D eigenvalue weighted by molar-refractivity contribution is -0.142. The Kier molecular flexibility index (Phi) is 6.72. The molecule has 0 aromatic carbocycles. The number of rotatable bonds is 4. The Balaban J connectivity index is 0.00000192. The van der Waals surface area contributed by atoms with Crippen LogP contribution in [0.3, 0.4) is 0 Å². The largest absolute Gasteiger partial charge is 0.343 e. The maximum Gasteiger partial charge on any atom is 0.240 e. The van der Waals surface area contributed by atoms with E-state index in [0.29, 0.717) is 12.3 Å². The van der Waals surface area contributed by atoms with Crippen LogP contribution in [0.1, 0.15) is 45.4 Å². The molecule has 1 unspecified atom stereocenters. The molecule has 6 heteroatoms. The zero-order valence-corrected chi connectivity index (χ0v) is 14.9. The minimum atomic E-state index is -0.305. The summed E-state index contributed by atoms with van der Waals surface area (Å²) in [5, 5.41) is 3.25. The molecule has 2 aliphatic heterocycles. The standard InChI is InChI=1S/C17H29N3O2.ClH/c1-13-5-8-19(9-6-13)16(21)11-15-17(22)20(10-7-18-15)12-14-3-2-4-14;/h13-15,18H,2-12H2,1H3;1H. The average Bonchev–Trinajstić information content (AvgIpc) is 2.47. The van der Waals surface area contributed by atoms with E-state index in [1.165, 1.54) is 19.3 Å². The van der Waals surface area contributed by atoms with Gasteiger partial charge >= 0.3 is 0 Å². The molecule has 132 valence electrons. The van der Waals surface area contributed by atoms with Crippen molar-refractivity contribution in [2.75, 3.05) is 32.7 Å². The highest BCUT2D eigenvalue weighted by Crippen LogP contribution is 2.27. The van der Waals surface area contributed by atoms with Crippen molar-refractivity contribution in [1.82, 2.24) is 15.1 Å². The molecule has 5 nitrogen and oxygen atoms in total. The van der Waals surface area contributed by atoms with Gasteiger partial charge in [0.25, 0.3) is 0 Å². The van der Waals surface area contributed by atoms with Crippen LogP contribution in [0.5, 0.6) is 0 Å². The maximum atomic E-state index is 12.6. The molecule has 2 heterocycles. The quantitative estimate of drug-likeness (QED) is 0.844. The van der Waals surface area contributed by atoms with Gasteiger partial charge in [-0.1, -0.05) is 13.3 Å². The van der Waals surface area contributed by atoms with E-state index >= 15 is 0 Å². The number of halogens is 1. The molecular weight excluding hydrogens is 314 g/mol. The monoisotopic (exact) mass is 343 g/mol. The SMILES string of the molecule is CC1CCN(C(=O)CC2NCCN(CC3CCC3)C2=O)CC1.Cl. The predicted octanol–water partition coefficient (Wildman–Crippen LogP) is 1.66. The molecule has 1 aliphatic carbocycles. The molecule has 0 radical (unpaired) electrons. The number of hydrogen-bond donors (Lipinski definition) is 1. The van der Waals surface area contributed by atoms with Gasteiger partial charge in [0, 0.05) is 32.7 Å². The molecule has 3 rings (SSSR count). The summed E-state index contributed by atoms with van der Waals surface area (Å²) in [7, 11) is 0. The number of piperidine rings is 1. The van der Waals surface area contributed by atoms with Gasteiger partial charge in [0.15, 0.2) is 0 Å². The average molecular weight is 344 g/mol. The van der Waals surface area contributed by atoms with Crippen LogP contribution in [0.4, 0.5) is 0 Å². The van der Waals surface area contributed by atoms with Crippen molar-refractivity contribution in [1.29, 1.82) is 0 Å². The fourth-order valence-corrected chi connectivity index (χ4v) is 3.68. The maximum absolute atomic E-state index is 12.6. The van der Waals surface area contributed by atoms with Crippen molar-refractivity contribution in [2.45, 2.75) is 51.5 Å². The van der Waals surface area contributed by atoms with Gasteiger partial charge in [-0.3, -0.25) is 9.59 Å². The first-order valence-electron chi connectivity index (χ1n) is 8.93. The number of nitrogens with zero attached hydrogens (tertiary/aromatic N) is 2. The van der Waals surface area contributed by atoms with E-state index in [0.717, 1.165) is 51.5 Å². The van der Waals surface area contributed by atoms with Gasteiger partial charge < -0.3 is 15.1 Å². The van der Waals surface area contributed by atoms with Crippen molar-refractivity contribution in [3.8, 4) is 0 Å². The third-order valence-corrected chi connectivity index (χ3v) is 5.60. The van der Waals surface area contributed by atoms with E-state index in [-0.39, 0.29) is 30.3 Å². The van der Waals surface area contributed by atoms with Crippen molar-refractivity contribution in [3.05, 3.63) is 0 Å². The van der Waals surface area contributed by atoms with E-state index in [4.69, 9.17) is 0 Å². The molecule has 3 fully saturated rings. The van der Waals surface area contributed by atoms with Crippen LogP contribution in [0.25, 0.3) is 0 Å². The summed E-state index contributed by atoms with van der Waals surface area (Å²) in [6.07, 6.45) is 6.32. The summed E-state index contributed by atoms with van der Waals surface area (Å²) >= 11 is 0. The molecule has 1 saturated carbocycles. The van der Waals surface area contributed by atoms with Gasteiger partial charge in [-0.15, -0.1) is 12.4 Å². The second-order valence-electron chi connectivity index (χ2n) is 7.36. The van der Waals surface area contributed by atoms with Crippen molar-refractivity contribution < 1.29 is 9.59 Å². The first-order chi connectivity index (χ1) is 10.6. The zero-order valence-electron chi connectivity index (χ0n) is 14.1. The third kappa shape index (κ3) is 4.60. The predicted molar refractivity (Wildman–Crippen MR) is 92.6 cm³/mol. The van der Waals surface area contributed by atoms with Crippen LogP contribution < -0.4 is 5.32 Å². The van der Waals surface area contributed by atoms with E-state index in [1.54, 1.807) is 0 Å². The molecule has 0 bridgehead atoms. The number of nitrogens with one attached hydrogen (secondary N) is 1. The summed E-state index contributed by atoms with van der Waals surface area (Å²) < 4.78 is 0. The minimum absolute atomic E-state index is 0. The Morgan fingerprint density at radius 2 is 1.87 bits per heavy atom. The number of carbonyl (C=O) groups is 2. The highest BCUT2D eigenvalue weighted by atomic mass is 35.5. The Bertz CT molecular complexity index is 420. The number of hydrogen-bond acceptors (Lipinski definition) is 3. The highest BCUT2D eigenvalue weighted by Gasteiger charge is 2.33. The summed E-state index contributed by atoms with van der Waals surface area (Å²) in [5.74, 6) is 1.69. The summed E-state index contributed by atoms with van der Waals surface area (Å²) in [6.45, 7) is 6.45. The molecule has 0 aromatic heterocycles. The number of piperazine rings is 1. The molecule has 1 N–H and O–H groups in total. The molecular formula is C17H30ClN3O2. The van der Waals surface area contributed by atoms with Gasteiger partial charge in [-0.25, -0.2) is 0 Å². The van der Waals surface area contributed by atoms with Crippen molar-refractivity contribution >= 4 is 24.2 Å². The Labute approximate surface area is 145 Å². The summed E-state index contributed by atoms with van der Waals surface area (Å²) in [5.41, 5.74) is 0. The first kappa shape index (κ1) is 18.5. The van der Waals surface area contributed by atoms with Crippen molar-refractivity contribution in [3.63, 3.8) is 0 Å². The van der Waals surface area contributed by atoms with E-state index in [2.05, 4.69) is 12.2 Å². The van der Waals surface area contributed by atoms with Crippen LogP contribution in [0.15, 0.2) is 0 Å². The van der Waals surface area contributed by atoms with E-state index in [9.17, 15) is 9.59 Å². The van der Waals surface area contributed by atoms with Crippen LogP contribution in [0.2, 0.25) is 0 Å². The second-order valence-corrected chi connectivity index (χ2v) is 7.36. The van der Waals surface area contributed by atoms with E-state index in [1.807, 2.05) is 9.80 Å². The molecule has 23 heavy (non-hydrogen) atoms. The van der Waals surface area contributed by atoms with E-state index < -0.39 is 0 Å². The van der Waals surface area contributed by atoms with Gasteiger partial charge in [0.05, 0.1) is 12.5 Å². The molecule has 0 spiro atoms. The van der Waals surface area contributed by atoms with Crippen LogP contribution in [-0.4, -0.2) is 60.4 Å². The number of amides is 2. The lowest BCUT2D eigenvalue weighted by Gasteiger charge is -2.38. The number of carbonyl (C=O) groups excluding carboxylic acids is 2. The molecule has 0 aromatic rings. The Morgan fingerprint density at radius 1 is 1.17 bits per heavy atom. The van der Waals surface area contributed by atoms with Gasteiger partial charge in [0.1, 0.15) is 0 Å². The third-order valence-electron chi connectivity index (χ3n) is 5.60. The topological polar surface area (TPSA) is 52.7 Å². The van der Waals surface area contributed by atoms with Gasteiger partial charge in [-0.05, 0) is 37.5 Å². The fourth-order valence-electron chi connectivity index (χ4n) is 3.68. The van der Waals surface area contributed by atoms with Crippen LogP contribution in [-0.2, 0) is 9.59 Å². The highest BCUT2D eigenvalue weighted by molar-refractivity contribution is 5.89. The Hall–Kier alpha value is -0.810. The molecule has 1 atom stereocenters. The normalized spacial score (nSPS) is 26.7. The Morgan fingerprint density at radius 3 is 2.48 bits per heavy atom. The molecule has 2 saturated heterocycles. The van der Waals surface area contributed by atoms with Crippen molar-refractivity contribution in [2.24, 2.45) is 11.8 Å². The second kappa shape index (κ2) is 8.34. The van der Waals surface area contributed by atoms with Gasteiger partial charge in [-0.2, -0.15) is 0 Å². The van der Waals surface area contributed by atoms with Crippen LogP contribution >= 0.6 is 12.4 Å². The minimum Gasteiger partial charge on any atom is -0.343 e. The molecule has 2 amide bonds. The lowest BCUT2D eigenvalue weighted by Crippen LogP contribution is -2.57. The molecule has 3 aliphatic rings. The van der Waals surface area contributed by atoms with Gasteiger partial charge in [0.2, 0.25) is 11.8 Å². The summed E-state index contributed by atoms with van der Waals surface area (Å²) in [4.78, 5) is 28.9.